The Bertz CT molecular complexity index is 657. The third kappa shape index (κ3) is 3.98. The van der Waals surface area contributed by atoms with Crippen LogP contribution in [-0.4, -0.2) is 13.1 Å². The van der Waals surface area contributed by atoms with E-state index in [0.29, 0.717) is 15.7 Å². The molecule has 0 saturated heterocycles. The van der Waals surface area contributed by atoms with Crippen LogP contribution in [0.15, 0.2) is 45.3 Å². The van der Waals surface area contributed by atoms with Gasteiger partial charge in [0.2, 0.25) is 0 Å². The number of esters is 1. The predicted octanol–water partition coefficient (Wildman–Crippen LogP) is 4.16. The topological polar surface area (TPSA) is 61.5 Å². The van der Waals surface area contributed by atoms with Crippen LogP contribution in [0.3, 0.4) is 0 Å². The molecule has 0 heterocycles. The highest BCUT2D eigenvalue weighted by atomic mass is 79.9. The van der Waals surface area contributed by atoms with Crippen molar-refractivity contribution >= 4 is 43.5 Å². The second-order valence-electron chi connectivity index (χ2n) is 4.27. The standard InChI is InChI=1S/C15H13Br2NO3/c1-20-11-4-2-9(3-5-11)8-21-15(19)12-6-10(16)7-13(17)14(12)18/h2-7H,8,18H2,1H3. The van der Waals surface area contributed by atoms with Gasteiger partial charge in [-0.15, -0.1) is 0 Å². The van der Waals surface area contributed by atoms with Gasteiger partial charge in [-0.25, -0.2) is 4.79 Å². The number of carbonyl (C=O) groups excluding carboxylic acids is 1. The van der Waals surface area contributed by atoms with Crippen molar-refractivity contribution in [2.75, 3.05) is 12.8 Å². The van der Waals surface area contributed by atoms with E-state index in [1.54, 1.807) is 19.2 Å². The lowest BCUT2D eigenvalue weighted by Crippen LogP contribution is -2.09. The van der Waals surface area contributed by atoms with Gasteiger partial charge in [-0.05, 0) is 45.8 Å². The lowest BCUT2D eigenvalue weighted by atomic mass is 10.2. The molecule has 2 rings (SSSR count). The van der Waals surface area contributed by atoms with Crippen LogP contribution < -0.4 is 10.5 Å². The monoisotopic (exact) mass is 413 g/mol. The van der Waals surface area contributed by atoms with Gasteiger partial charge < -0.3 is 15.2 Å². The highest BCUT2D eigenvalue weighted by Crippen LogP contribution is 2.28. The number of rotatable bonds is 4. The maximum Gasteiger partial charge on any atom is 0.340 e. The second-order valence-corrected chi connectivity index (χ2v) is 6.04. The van der Waals surface area contributed by atoms with Crippen molar-refractivity contribution in [3.63, 3.8) is 0 Å². The molecular weight excluding hydrogens is 402 g/mol. The molecular formula is C15H13Br2NO3. The molecule has 0 aliphatic heterocycles. The van der Waals surface area contributed by atoms with Gasteiger partial charge in [0, 0.05) is 8.95 Å². The lowest BCUT2D eigenvalue weighted by molar-refractivity contribution is 0.0474. The Morgan fingerprint density at radius 3 is 2.48 bits per heavy atom. The van der Waals surface area contributed by atoms with Gasteiger partial charge >= 0.3 is 5.97 Å². The van der Waals surface area contributed by atoms with Crippen molar-refractivity contribution in [2.24, 2.45) is 0 Å². The van der Waals surface area contributed by atoms with E-state index < -0.39 is 5.97 Å². The Morgan fingerprint density at radius 2 is 1.86 bits per heavy atom. The SMILES string of the molecule is COc1ccc(COC(=O)c2cc(Br)cc(Br)c2N)cc1. The number of halogens is 2. The van der Waals surface area contributed by atoms with Crippen LogP contribution in [0.25, 0.3) is 0 Å². The van der Waals surface area contributed by atoms with E-state index >= 15 is 0 Å². The molecule has 0 aliphatic carbocycles. The summed E-state index contributed by atoms with van der Waals surface area (Å²) in [6.45, 7) is 0.173. The van der Waals surface area contributed by atoms with Crippen LogP contribution in [0, 0.1) is 0 Å². The zero-order chi connectivity index (χ0) is 15.4. The summed E-state index contributed by atoms with van der Waals surface area (Å²) in [4.78, 5) is 12.1. The smallest absolute Gasteiger partial charge is 0.340 e. The van der Waals surface area contributed by atoms with Gasteiger partial charge in [0.05, 0.1) is 18.4 Å². The number of nitrogens with two attached hydrogens (primary N) is 1. The zero-order valence-electron chi connectivity index (χ0n) is 11.2. The molecule has 21 heavy (non-hydrogen) atoms. The number of carbonyl (C=O) groups is 1. The first kappa shape index (κ1) is 15.9. The average Bonchev–Trinajstić information content (AvgIpc) is 2.49. The van der Waals surface area contributed by atoms with Gasteiger partial charge in [-0.2, -0.15) is 0 Å². The number of nitrogen functional groups attached to an aromatic ring is 1. The third-order valence-electron chi connectivity index (χ3n) is 2.84. The quantitative estimate of drug-likeness (QED) is 0.602. The average molecular weight is 415 g/mol. The molecule has 0 amide bonds. The number of hydrogen-bond acceptors (Lipinski definition) is 4. The maximum absolute atomic E-state index is 12.1. The Hall–Kier alpha value is -1.53. The van der Waals surface area contributed by atoms with E-state index in [-0.39, 0.29) is 6.61 Å². The van der Waals surface area contributed by atoms with E-state index in [0.717, 1.165) is 15.8 Å². The Balaban J connectivity index is 2.08. The van der Waals surface area contributed by atoms with E-state index in [2.05, 4.69) is 31.9 Å². The summed E-state index contributed by atoms with van der Waals surface area (Å²) >= 11 is 6.62. The Kier molecular flexibility index (Phi) is 5.25. The van der Waals surface area contributed by atoms with Crippen LogP contribution in [0.4, 0.5) is 5.69 Å². The van der Waals surface area contributed by atoms with Crippen molar-refractivity contribution in [1.82, 2.24) is 0 Å². The van der Waals surface area contributed by atoms with Gasteiger partial charge in [0.1, 0.15) is 12.4 Å². The minimum Gasteiger partial charge on any atom is -0.497 e. The molecule has 0 fully saturated rings. The first-order valence-corrected chi connectivity index (χ1v) is 7.64. The van der Waals surface area contributed by atoms with Crippen LogP contribution >= 0.6 is 31.9 Å². The van der Waals surface area contributed by atoms with E-state index in [1.165, 1.54) is 0 Å². The van der Waals surface area contributed by atoms with E-state index in [4.69, 9.17) is 15.2 Å². The van der Waals surface area contributed by atoms with Crippen molar-refractivity contribution in [1.29, 1.82) is 0 Å². The number of benzene rings is 2. The molecule has 2 aromatic rings. The number of anilines is 1. The maximum atomic E-state index is 12.1. The van der Waals surface area contributed by atoms with Crippen LogP contribution in [0.1, 0.15) is 15.9 Å². The molecule has 0 spiro atoms. The Labute approximate surface area is 139 Å². The predicted molar refractivity (Wildman–Crippen MR) is 88.4 cm³/mol. The Morgan fingerprint density at radius 1 is 1.19 bits per heavy atom. The summed E-state index contributed by atoms with van der Waals surface area (Å²) in [7, 11) is 1.60. The van der Waals surface area contributed by atoms with Gasteiger partial charge in [0.25, 0.3) is 0 Å². The third-order valence-corrected chi connectivity index (χ3v) is 3.96. The van der Waals surface area contributed by atoms with E-state index in [1.807, 2.05) is 24.3 Å². The molecule has 0 bridgehead atoms. The molecule has 2 aromatic carbocycles. The molecule has 6 heteroatoms. The fourth-order valence-corrected chi connectivity index (χ4v) is 2.93. The molecule has 0 aliphatic rings. The highest BCUT2D eigenvalue weighted by molar-refractivity contribution is 9.11. The van der Waals surface area contributed by atoms with Gasteiger partial charge in [0.15, 0.2) is 0 Å². The number of ether oxygens (including phenoxy) is 2. The molecule has 0 radical (unpaired) electrons. The van der Waals surface area contributed by atoms with Crippen LogP contribution in [-0.2, 0) is 11.3 Å². The molecule has 0 unspecified atom stereocenters. The summed E-state index contributed by atoms with van der Waals surface area (Å²) in [5, 5.41) is 0. The fraction of sp³-hybridized carbons (Fsp3) is 0.133. The molecule has 0 aromatic heterocycles. The summed E-state index contributed by atoms with van der Waals surface area (Å²) in [5.74, 6) is 0.288. The van der Waals surface area contributed by atoms with Crippen molar-refractivity contribution in [2.45, 2.75) is 6.61 Å². The molecule has 110 valence electrons. The number of hydrogen-bond donors (Lipinski definition) is 1. The van der Waals surface area contributed by atoms with Gasteiger partial charge in [-0.1, -0.05) is 28.1 Å². The largest absolute Gasteiger partial charge is 0.497 e. The molecule has 0 saturated carbocycles. The molecule has 4 nitrogen and oxygen atoms in total. The second kappa shape index (κ2) is 6.95. The minimum atomic E-state index is -0.467. The first-order valence-electron chi connectivity index (χ1n) is 6.06. The van der Waals surface area contributed by atoms with E-state index in [9.17, 15) is 4.79 Å². The van der Waals surface area contributed by atoms with Crippen molar-refractivity contribution in [3.8, 4) is 5.75 Å². The minimum absolute atomic E-state index is 0.173. The lowest BCUT2D eigenvalue weighted by Gasteiger charge is -2.09. The summed E-state index contributed by atoms with van der Waals surface area (Å²) in [5.41, 5.74) is 7.43. The summed E-state index contributed by atoms with van der Waals surface area (Å²) < 4.78 is 11.7. The van der Waals surface area contributed by atoms with Crippen molar-refractivity contribution in [3.05, 3.63) is 56.5 Å². The van der Waals surface area contributed by atoms with Gasteiger partial charge in [-0.3, -0.25) is 0 Å². The zero-order valence-corrected chi connectivity index (χ0v) is 14.4. The van der Waals surface area contributed by atoms with Crippen molar-refractivity contribution < 1.29 is 14.3 Å². The fourth-order valence-electron chi connectivity index (χ4n) is 1.70. The number of methoxy groups -OCH3 is 1. The van der Waals surface area contributed by atoms with Crippen LogP contribution in [0.5, 0.6) is 5.75 Å². The summed E-state index contributed by atoms with van der Waals surface area (Å²) in [6.07, 6.45) is 0. The summed E-state index contributed by atoms with van der Waals surface area (Å²) in [6, 6.07) is 10.7. The van der Waals surface area contributed by atoms with Crippen LogP contribution in [0.2, 0.25) is 0 Å². The molecule has 0 atom stereocenters. The highest BCUT2D eigenvalue weighted by Gasteiger charge is 2.14. The molecule has 2 N–H and O–H groups in total. The normalized spacial score (nSPS) is 10.2. The first-order chi connectivity index (χ1) is 10.0.